The maximum Gasteiger partial charge on any atom is 0.0741 e. The fourth-order valence-electron chi connectivity index (χ4n) is 1.79. The Morgan fingerprint density at radius 3 is 2.89 bits per heavy atom. The molecule has 0 fully saturated rings. The number of aromatic nitrogens is 2. The van der Waals surface area contributed by atoms with Gasteiger partial charge in [-0.3, -0.25) is 4.68 Å². The van der Waals surface area contributed by atoms with Gasteiger partial charge in [-0.1, -0.05) is 6.92 Å². The first-order chi connectivity index (χ1) is 8.74. The molecule has 0 bridgehead atoms. The van der Waals surface area contributed by atoms with Gasteiger partial charge >= 0.3 is 0 Å². The van der Waals surface area contributed by atoms with Crippen LogP contribution >= 0.6 is 15.9 Å². The monoisotopic (exact) mass is 319 g/mol. The topological polar surface area (TPSA) is 48.3 Å². The smallest absolute Gasteiger partial charge is 0.0741 e. The van der Waals surface area contributed by atoms with E-state index in [9.17, 15) is 0 Å². The van der Waals surface area contributed by atoms with Gasteiger partial charge in [0.25, 0.3) is 0 Å². The molecule has 5 nitrogen and oxygen atoms in total. The minimum Gasteiger partial charge on any atom is -0.383 e. The van der Waals surface area contributed by atoms with Crippen molar-refractivity contribution in [3.8, 4) is 0 Å². The van der Waals surface area contributed by atoms with E-state index in [4.69, 9.17) is 9.47 Å². The summed E-state index contributed by atoms with van der Waals surface area (Å²) in [7, 11) is 1.69. The van der Waals surface area contributed by atoms with Crippen LogP contribution in [0.4, 0.5) is 0 Å². The summed E-state index contributed by atoms with van der Waals surface area (Å²) in [5.74, 6) is 0. The van der Waals surface area contributed by atoms with Crippen molar-refractivity contribution >= 4 is 15.9 Å². The van der Waals surface area contributed by atoms with Gasteiger partial charge in [-0.15, -0.1) is 0 Å². The first kappa shape index (κ1) is 15.6. The molecule has 1 N–H and O–H groups in total. The van der Waals surface area contributed by atoms with Crippen molar-refractivity contribution in [2.45, 2.75) is 26.4 Å². The number of halogens is 1. The van der Waals surface area contributed by atoms with E-state index in [2.05, 4.69) is 33.3 Å². The van der Waals surface area contributed by atoms with Gasteiger partial charge in [-0.25, -0.2) is 0 Å². The third kappa shape index (κ3) is 4.35. The molecular weight excluding hydrogens is 298 g/mol. The number of nitrogens with zero attached hydrogens (tertiary/aromatic N) is 2. The molecule has 0 aliphatic rings. The summed E-state index contributed by atoms with van der Waals surface area (Å²) in [6.45, 7) is 7.72. The Morgan fingerprint density at radius 1 is 1.50 bits per heavy atom. The van der Waals surface area contributed by atoms with Crippen LogP contribution in [0.5, 0.6) is 0 Å². The first-order valence-electron chi connectivity index (χ1n) is 6.25. The van der Waals surface area contributed by atoms with Gasteiger partial charge in [0.2, 0.25) is 0 Å². The summed E-state index contributed by atoms with van der Waals surface area (Å²) in [5.41, 5.74) is 1.11. The molecule has 1 unspecified atom stereocenters. The maximum absolute atomic E-state index is 5.53. The summed E-state index contributed by atoms with van der Waals surface area (Å²) in [4.78, 5) is 0. The molecule has 0 spiro atoms. The molecule has 0 aromatic carbocycles. The summed E-state index contributed by atoms with van der Waals surface area (Å²) in [6.07, 6.45) is 1.82. The lowest BCUT2D eigenvalue weighted by atomic mass is 10.2. The van der Waals surface area contributed by atoms with Gasteiger partial charge in [0, 0.05) is 13.7 Å². The average Bonchev–Trinajstić information content (AvgIpc) is 2.73. The number of ether oxygens (including phenoxy) is 2. The van der Waals surface area contributed by atoms with Gasteiger partial charge in [0.15, 0.2) is 0 Å². The summed E-state index contributed by atoms with van der Waals surface area (Å²) >= 11 is 3.55. The van der Waals surface area contributed by atoms with E-state index < -0.39 is 0 Å². The second-order valence-corrected chi connectivity index (χ2v) is 4.72. The number of likely N-dealkylation sites (N-methyl/N-ethyl adjacent to an activating group) is 1. The lowest BCUT2D eigenvalue weighted by Crippen LogP contribution is -2.28. The Kier molecular flexibility index (Phi) is 7.50. The number of nitrogens with one attached hydrogen (secondary N) is 1. The summed E-state index contributed by atoms with van der Waals surface area (Å²) in [5, 5.41) is 7.78. The average molecular weight is 320 g/mol. The van der Waals surface area contributed by atoms with Crippen molar-refractivity contribution in [3.05, 3.63) is 16.4 Å². The van der Waals surface area contributed by atoms with Gasteiger partial charge in [-0.05, 0) is 29.4 Å². The molecule has 0 amide bonds. The highest BCUT2D eigenvalue weighted by Crippen LogP contribution is 2.23. The zero-order valence-electron chi connectivity index (χ0n) is 11.3. The quantitative estimate of drug-likeness (QED) is 0.756. The predicted octanol–water partition coefficient (Wildman–Crippen LogP) is 1.98. The van der Waals surface area contributed by atoms with Crippen LogP contribution in [0, 0.1) is 0 Å². The highest BCUT2D eigenvalue weighted by Gasteiger charge is 2.19. The van der Waals surface area contributed by atoms with E-state index in [0.717, 1.165) is 23.3 Å². The van der Waals surface area contributed by atoms with Crippen LogP contribution in [0.25, 0.3) is 0 Å². The molecule has 6 heteroatoms. The van der Waals surface area contributed by atoms with Crippen LogP contribution in [0.15, 0.2) is 10.7 Å². The van der Waals surface area contributed by atoms with E-state index in [1.807, 2.05) is 17.8 Å². The molecule has 104 valence electrons. The molecule has 18 heavy (non-hydrogen) atoms. The molecule has 1 aromatic heterocycles. The SMILES string of the molecule is CCNC(COCC)c1c(Br)cnn1CCOC. The van der Waals surface area contributed by atoms with Crippen molar-refractivity contribution in [2.75, 3.05) is 33.5 Å². The molecule has 1 rings (SSSR count). The molecule has 1 aromatic rings. The van der Waals surface area contributed by atoms with Crippen LogP contribution < -0.4 is 5.32 Å². The summed E-state index contributed by atoms with van der Waals surface area (Å²) in [6, 6.07) is 0.142. The number of hydrogen-bond donors (Lipinski definition) is 1. The fourth-order valence-corrected chi connectivity index (χ4v) is 2.36. The Bertz CT molecular complexity index is 344. The van der Waals surface area contributed by atoms with Crippen LogP contribution in [0.2, 0.25) is 0 Å². The van der Waals surface area contributed by atoms with E-state index in [1.165, 1.54) is 0 Å². The second-order valence-electron chi connectivity index (χ2n) is 3.86. The molecule has 1 heterocycles. The zero-order valence-corrected chi connectivity index (χ0v) is 12.9. The lowest BCUT2D eigenvalue weighted by molar-refractivity contribution is 0.119. The largest absolute Gasteiger partial charge is 0.383 e. The predicted molar refractivity (Wildman–Crippen MR) is 74.7 cm³/mol. The van der Waals surface area contributed by atoms with Crippen molar-refractivity contribution in [3.63, 3.8) is 0 Å². The molecule has 0 saturated carbocycles. The van der Waals surface area contributed by atoms with Crippen LogP contribution in [-0.4, -0.2) is 43.3 Å². The van der Waals surface area contributed by atoms with Gasteiger partial charge < -0.3 is 14.8 Å². The highest BCUT2D eigenvalue weighted by atomic mass is 79.9. The maximum atomic E-state index is 5.53. The van der Waals surface area contributed by atoms with Crippen LogP contribution in [0.3, 0.4) is 0 Å². The summed E-state index contributed by atoms with van der Waals surface area (Å²) < 4.78 is 13.6. The van der Waals surface area contributed by atoms with Gasteiger partial charge in [-0.2, -0.15) is 5.10 Å². The number of rotatable bonds is 9. The minimum atomic E-state index is 0.142. The van der Waals surface area contributed by atoms with Crippen LogP contribution in [0.1, 0.15) is 25.6 Å². The van der Waals surface area contributed by atoms with E-state index in [1.54, 1.807) is 7.11 Å². The first-order valence-corrected chi connectivity index (χ1v) is 7.05. The fraction of sp³-hybridized carbons (Fsp3) is 0.750. The Labute approximate surface area is 117 Å². The Morgan fingerprint density at radius 2 is 2.28 bits per heavy atom. The van der Waals surface area contributed by atoms with E-state index in [-0.39, 0.29) is 6.04 Å². The number of hydrogen-bond acceptors (Lipinski definition) is 4. The van der Waals surface area contributed by atoms with Crippen molar-refractivity contribution in [1.29, 1.82) is 0 Å². The molecule has 0 aliphatic heterocycles. The highest BCUT2D eigenvalue weighted by molar-refractivity contribution is 9.10. The van der Waals surface area contributed by atoms with Crippen molar-refractivity contribution in [2.24, 2.45) is 0 Å². The molecule has 0 saturated heterocycles. The van der Waals surface area contributed by atoms with Crippen molar-refractivity contribution < 1.29 is 9.47 Å². The lowest BCUT2D eigenvalue weighted by Gasteiger charge is -2.20. The molecule has 0 radical (unpaired) electrons. The minimum absolute atomic E-state index is 0.142. The Balaban J connectivity index is 2.83. The van der Waals surface area contributed by atoms with Crippen molar-refractivity contribution in [1.82, 2.24) is 15.1 Å². The van der Waals surface area contributed by atoms with E-state index >= 15 is 0 Å². The van der Waals surface area contributed by atoms with E-state index in [0.29, 0.717) is 19.8 Å². The third-order valence-electron chi connectivity index (χ3n) is 2.61. The molecule has 1 atom stereocenters. The third-order valence-corrected chi connectivity index (χ3v) is 3.22. The standard InChI is InChI=1S/C12H22BrN3O2/c1-4-14-11(9-18-5-2)12-10(13)8-15-16(12)6-7-17-3/h8,11,14H,4-7,9H2,1-3H3. The molecule has 0 aliphatic carbocycles. The molecular formula is C12H22BrN3O2. The normalized spacial score (nSPS) is 12.9. The van der Waals surface area contributed by atoms with Gasteiger partial charge in [0.05, 0.1) is 42.2 Å². The number of methoxy groups -OCH3 is 1. The second kappa shape index (κ2) is 8.63. The van der Waals surface area contributed by atoms with Gasteiger partial charge in [0.1, 0.15) is 0 Å². The van der Waals surface area contributed by atoms with Crippen LogP contribution in [-0.2, 0) is 16.0 Å². The zero-order chi connectivity index (χ0) is 13.4. The Hall–Kier alpha value is -0.430.